The normalized spacial score (nSPS) is 8.64. The first kappa shape index (κ1) is 9.68. The van der Waals surface area contributed by atoms with Gasteiger partial charge in [0.25, 0.3) is 0 Å². The topological polar surface area (TPSA) is 66.0 Å². The molecule has 1 rings (SSSR count). The van der Waals surface area contributed by atoms with Crippen LogP contribution in [0.4, 0.5) is 0 Å². The van der Waals surface area contributed by atoms with Gasteiger partial charge in [0.1, 0.15) is 0 Å². The number of aliphatic carboxylic acids is 1. The third-order valence-electron chi connectivity index (χ3n) is 0.900. The molecule has 0 saturated heterocycles. The SMILES string of the molecule is CC(C)C(=O)O.c1c[nH]cn1. The summed E-state index contributed by atoms with van der Waals surface area (Å²) >= 11 is 0. The fraction of sp³-hybridized carbons (Fsp3) is 0.429. The van der Waals surface area contributed by atoms with E-state index in [-0.39, 0.29) is 5.92 Å². The van der Waals surface area contributed by atoms with Crippen LogP contribution in [0.15, 0.2) is 18.7 Å². The third kappa shape index (κ3) is 6.57. The Kier molecular flexibility index (Phi) is 4.81. The van der Waals surface area contributed by atoms with Gasteiger partial charge in [0.05, 0.1) is 12.2 Å². The largest absolute Gasteiger partial charge is 0.481 e. The molecule has 0 amide bonds. The minimum absolute atomic E-state index is 0.231. The first-order valence-corrected chi connectivity index (χ1v) is 3.30. The Labute approximate surface area is 65.3 Å². The second-order valence-corrected chi connectivity index (χ2v) is 2.25. The Morgan fingerprint density at radius 1 is 1.64 bits per heavy atom. The molecule has 0 aliphatic heterocycles. The molecule has 1 aromatic heterocycles. The smallest absolute Gasteiger partial charge is 0.305 e. The maximum atomic E-state index is 9.70. The minimum Gasteiger partial charge on any atom is -0.481 e. The molecule has 1 heterocycles. The zero-order chi connectivity index (χ0) is 8.69. The summed E-state index contributed by atoms with van der Waals surface area (Å²) in [6.45, 7) is 3.28. The van der Waals surface area contributed by atoms with Crippen molar-refractivity contribution in [2.24, 2.45) is 5.92 Å². The average Bonchev–Trinajstić information content (AvgIpc) is 2.41. The Bertz CT molecular complexity index is 165. The maximum absolute atomic E-state index is 9.70. The number of aromatic nitrogens is 2. The number of carbonyl (C=O) groups is 1. The van der Waals surface area contributed by atoms with Crippen LogP contribution < -0.4 is 0 Å². The number of nitrogens with one attached hydrogen (secondary N) is 1. The first-order chi connectivity index (χ1) is 5.14. The summed E-state index contributed by atoms with van der Waals surface area (Å²) < 4.78 is 0. The summed E-state index contributed by atoms with van der Waals surface area (Å²) in [6.07, 6.45) is 5.08. The number of hydrogen-bond donors (Lipinski definition) is 2. The van der Waals surface area contributed by atoms with Crippen molar-refractivity contribution in [1.82, 2.24) is 9.97 Å². The van der Waals surface area contributed by atoms with Crippen molar-refractivity contribution in [3.63, 3.8) is 0 Å². The summed E-state index contributed by atoms with van der Waals surface area (Å²) in [7, 11) is 0. The monoisotopic (exact) mass is 156 g/mol. The minimum atomic E-state index is -0.741. The van der Waals surface area contributed by atoms with Gasteiger partial charge in [0.15, 0.2) is 0 Å². The molecule has 62 valence electrons. The predicted molar refractivity (Wildman–Crippen MR) is 41.1 cm³/mol. The zero-order valence-electron chi connectivity index (χ0n) is 6.61. The van der Waals surface area contributed by atoms with Crippen molar-refractivity contribution in [1.29, 1.82) is 0 Å². The molecule has 4 heteroatoms. The van der Waals surface area contributed by atoms with E-state index in [1.807, 2.05) is 0 Å². The molecule has 0 unspecified atom stereocenters. The van der Waals surface area contributed by atoms with Gasteiger partial charge in [-0.15, -0.1) is 0 Å². The van der Waals surface area contributed by atoms with Crippen LogP contribution in [0, 0.1) is 5.92 Å². The van der Waals surface area contributed by atoms with Crippen molar-refractivity contribution >= 4 is 5.97 Å². The van der Waals surface area contributed by atoms with Crippen molar-refractivity contribution < 1.29 is 9.90 Å². The van der Waals surface area contributed by atoms with E-state index in [4.69, 9.17) is 5.11 Å². The molecular weight excluding hydrogens is 144 g/mol. The molecule has 0 aliphatic carbocycles. The van der Waals surface area contributed by atoms with Gasteiger partial charge in [0, 0.05) is 12.4 Å². The first-order valence-electron chi connectivity index (χ1n) is 3.30. The standard InChI is InChI=1S/C4H8O2.C3H4N2/c1-3(2)4(5)6;1-2-5-3-4-1/h3H,1-2H3,(H,5,6);1-3H,(H,4,5). The summed E-state index contributed by atoms with van der Waals surface area (Å²) in [5.74, 6) is -0.972. The van der Waals surface area contributed by atoms with Gasteiger partial charge in [-0.3, -0.25) is 4.79 Å². The fourth-order valence-electron chi connectivity index (χ4n) is 0.215. The van der Waals surface area contributed by atoms with E-state index >= 15 is 0 Å². The molecular formula is C7H12N2O2. The zero-order valence-corrected chi connectivity index (χ0v) is 6.61. The van der Waals surface area contributed by atoms with Crippen LogP contribution in [0.3, 0.4) is 0 Å². The van der Waals surface area contributed by atoms with E-state index in [0.29, 0.717) is 0 Å². The van der Waals surface area contributed by atoms with Gasteiger partial charge in [-0.2, -0.15) is 0 Å². The van der Waals surface area contributed by atoms with Crippen molar-refractivity contribution in [3.05, 3.63) is 18.7 Å². The lowest BCUT2D eigenvalue weighted by atomic mass is 10.2. The molecule has 0 saturated carbocycles. The number of H-pyrrole nitrogens is 1. The molecule has 0 radical (unpaired) electrons. The highest BCUT2D eigenvalue weighted by molar-refractivity contribution is 5.68. The number of carboxylic acids is 1. The lowest BCUT2D eigenvalue weighted by Gasteiger charge is -1.89. The maximum Gasteiger partial charge on any atom is 0.305 e. The molecule has 0 atom stereocenters. The van der Waals surface area contributed by atoms with Gasteiger partial charge in [-0.25, -0.2) is 4.98 Å². The van der Waals surface area contributed by atoms with Crippen LogP contribution >= 0.6 is 0 Å². The van der Waals surface area contributed by atoms with Crippen LogP contribution in [0.1, 0.15) is 13.8 Å². The third-order valence-corrected chi connectivity index (χ3v) is 0.900. The number of aromatic amines is 1. The Hall–Kier alpha value is -1.32. The van der Waals surface area contributed by atoms with Crippen LogP contribution in [0.2, 0.25) is 0 Å². The average molecular weight is 156 g/mol. The molecule has 0 fully saturated rings. The lowest BCUT2D eigenvalue weighted by molar-refractivity contribution is -0.140. The quantitative estimate of drug-likeness (QED) is 0.640. The van der Waals surface area contributed by atoms with Crippen molar-refractivity contribution in [2.75, 3.05) is 0 Å². The van der Waals surface area contributed by atoms with Crippen LogP contribution in [-0.2, 0) is 4.79 Å². The molecule has 0 aromatic carbocycles. The summed E-state index contributed by atoms with van der Waals surface area (Å²) in [5, 5.41) is 7.99. The molecule has 0 spiro atoms. The predicted octanol–water partition coefficient (Wildman–Crippen LogP) is 1.14. The van der Waals surface area contributed by atoms with E-state index in [1.54, 1.807) is 32.6 Å². The number of rotatable bonds is 1. The second-order valence-electron chi connectivity index (χ2n) is 2.25. The van der Waals surface area contributed by atoms with Gasteiger partial charge >= 0.3 is 5.97 Å². The highest BCUT2D eigenvalue weighted by Gasteiger charge is 1.99. The van der Waals surface area contributed by atoms with E-state index in [9.17, 15) is 4.79 Å². The fourth-order valence-corrected chi connectivity index (χ4v) is 0.215. The van der Waals surface area contributed by atoms with E-state index < -0.39 is 5.97 Å². The van der Waals surface area contributed by atoms with Crippen molar-refractivity contribution in [2.45, 2.75) is 13.8 Å². The molecule has 2 N–H and O–H groups in total. The highest BCUT2D eigenvalue weighted by atomic mass is 16.4. The molecule has 0 aliphatic rings. The molecule has 4 nitrogen and oxygen atoms in total. The molecule has 1 aromatic rings. The lowest BCUT2D eigenvalue weighted by Crippen LogP contribution is -2.03. The Morgan fingerprint density at radius 2 is 2.18 bits per heavy atom. The van der Waals surface area contributed by atoms with Crippen molar-refractivity contribution in [3.8, 4) is 0 Å². The van der Waals surface area contributed by atoms with Gasteiger partial charge in [-0.05, 0) is 0 Å². The van der Waals surface area contributed by atoms with E-state index in [1.165, 1.54) is 0 Å². The van der Waals surface area contributed by atoms with E-state index in [2.05, 4.69) is 9.97 Å². The Morgan fingerprint density at radius 3 is 2.27 bits per heavy atom. The van der Waals surface area contributed by atoms with Crippen LogP contribution in [-0.4, -0.2) is 21.0 Å². The number of hydrogen-bond acceptors (Lipinski definition) is 2. The summed E-state index contributed by atoms with van der Waals surface area (Å²) in [6, 6.07) is 0. The number of nitrogens with zero attached hydrogens (tertiary/aromatic N) is 1. The highest BCUT2D eigenvalue weighted by Crippen LogP contribution is 1.87. The van der Waals surface area contributed by atoms with E-state index in [0.717, 1.165) is 0 Å². The molecule has 0 bridgehead atoms. The van der Waals surface area contributed by atoms with Gasteiger partial charge < -0.3 is 10.1 Å². The Balaban J connectivity index is 0.000000183. The van der Waals surface area contributed by atoms with Gasteiger partial charge in [0.2, 0.25) is 0 Å². The van der Waals surface area contributed by atoms with Gasteiger partial charge in [-0.1, -0.05) is 13.8 Å². The van der Waals surface area contributed by atoms with Crippen LogP contribution in [0.25, 0.3) is 0 Å². The second kappa shape index (κ2) is 5.46. The number of carboxylic acid groups (broad SMARTS) is 1. The summed E-state index contributed by atoms with van der Waals surface area (Å²) in [5.41, 5.74) is 0. The summed E-state index contributed by atoms with van der Waals surface area (Å²) in [4.78, 5) is 16.1. The van der Waals surface area contributed by atoms with Crippen LogP contribution in [0.5, 0.6) is 0 Å². The number of imidazole rings is 1. The molecule has 11 heavy (non-hydrogen) atoms.